The van der Waals surface area contributed by atoms with Crippen LogP contribution in [0.1, 0.15) is 5.56 Å². The van der Waals surface area contributed by atoms with Gasteiger partial charge in [-0.3, -0.25) is 0 Å². The quantitative estimate of drug-likeness (QED) is 0.703. The van der Waals surface area contributed by atoms with Crippen molar-refractivity contribution in [2.75, 3.05) is 6.61 Å². The second kappa shape index (κ2) is 3.53. The molecule has 1 aromatic carbocycles. The standard InChI is InChI=1S/C13H10N4O/c1-2-8-4-5-18-12(8)10(3-1)9-6-11-13(14-7-9)16-17-15-11/h1-3,6-7H,4-5H2,(H,14,15,16,17). The molecule has 0 unspecified atom stereocenters. The van der Waals surface area contributed by atoms with E-state index in [2.05, 4.69) is 32.5 Å². The van der Waals surface area contributed by atoms with Crippen LogP contribution in [0, 0.1) is 0 Å². The molecule has 3 heterocycles. The van der Waals surface area contributed by atoms with Crippen molar-refractivity contribution in [3.63, 3.8) is 0 Å². The van der Waals surface area contributed by atoms with Gasteiger partial charge in [0.05, 0.1) is 6.61 Å². The number of hydrogen-bond acceptors (Lipinski definition) is 4. The summed E-state index contributed by atoms with van der Waals surface area (Å²) in [7, 11) is 0. The lowest BCUT2D eigenvalue weighted by molar-refractivity contribution is 0.358. The Morgan fingerprint density at radius 3 is 3.22 bits per heavy atom. The van der Waals surface area contributed by atoms with Gasteiger partial charge in [0.15, 0.2) is 0 Å². The number of para-hydroxylation sites is 1. The lowest BCUT2D eigenvalue weighted by Crippen LogP contribution is -1.89. The molecule has 3 aromatic rings. The molecule has 1 aliphatic rings. The minimum Gasteiger partial charge on any atom is -0.492 e. The Morgan fingerprint density at radius 1 is 1.22 bits per heavy atom. The summed E-state index contributed by atoms with van der Waals surface area (Å²) in [6.45, 7) is 0.756. The Balaban J connectivity index is 1.94. The van der Waals surface area contributed by atoms with Gasteiger partial charge in [-0.1, -0.05) is 18.2 Å². The highest BCUT2D eigenvalue weighted by Gasteiger charge is 2.17. The predicted octanol–water partition coefficient (Wildman–Crippen LogP) is 1.95. The van der Waals surface area contributed by atoms with Crippen molar-refractivity contribution in [3.8, 4) is 16.9 Å². The van der Waals surface area contributed by atoms with Crippen LogP contribution in [0.25, 0.3) is 22.3 Å². The van der Waals surface area contributed by atoms with E-state index in [1.54, 1.807) is 0 Å². The van der Waals surface area contributed by atoms with Gasteiger partial charge in [-0.2, -0.15) is 10.3 Å². The minimum atomic E-state index is 0.632. The third-order valence-corrected chi connectivity index (χ3v) is 3.20. The van der Waals surface area contributed by atoms with E-state index in [4.69, 9.17) is 4.74 Å². The molecule has 0 amide bonds. The van der Waals surface area contributed by atoms with E-state index in [0.717, 1.165) is 35.4 Å². The third-order valence-electron chi connectivity index (χ3n) is 3.20. The first-order valence-corrected chi connectivity index (χ1v) is 5.83. The van der Waals surface area contributed by atoms with Gasteiger partial charge in [-0.05, 0) is 11.6 Å². The van der Waals surface area contributed by atoms with E-state index in [0.29, 0.717) is 5.65 Å². The number of hydrogen-bond donors (Lipinski definition) is 1. The third kappa shape index (κ3) is 1.30. The van der Waals surface area contributed by atoms with Gasteiger partial charge in [0.1, 0.15) is 11.3 Å². The molecule has 2 aromatic heterocycles. The highest BCUT2D eigenvalue weighted by Crippen LogP contribution is 2.36. The van der Waals surface area contributed by atoms with Crippen LogP contribution in [0.3, 0.4) is 0 Å². The summed E-state index contributed by atoms with van der Waals surface area (Å²) in [6, 6.07) is 8.18. The number of benzene rings is 1. The van der Waals surface area contributed by atoms with Gasteiger partial charge in [0, 0.05) is 23.7 Å². The zero-order valence-corrected chi connectivity index (χ0v) is 9.55. The zero-order chi connectivity index (χ0) is 11.9. The fraction of sp³-hybridized carbons (Fsp3) is 0.154. The lowest BCUT2D eigenvalue weighted by Gasteiger charge is -2.07. The highest BCUT2D eigenvalue weighted by molar-refractivity contribution is 5.80. The van der Waals surface area contributed by atoms with E-state index in [1.807, 2.05) is 18.3 Å². The van der Waals surface area contributed by atoms with Crippen molar-refractivity contribution in [2.45, 2.75) is 6.42 Å². The van der Waals surface area contributed by atoms with Crippen LogP contribution in [0.15, 0.2) is 30.5 Å². The topological polar surface area (TPSA) is 63.7 Å². The van der Waals surface area contributed by atoms with Crippen LogP contribution in [0.2, 0.25) is 0 Å². The molecule has 4 rings (SSSR count). The summed E-state index contributed by atoms with van der Waals surface area (Å²) in [4.78, 5) is 4.28. The summed E-state index contributed by atoms with van der Waals surface area (Å²) in [5.74, 6) is 0.974. The van der Waals surface area contributed by atoms with Crippen molar-refractivity contribution in [2.24, 2.45) is 0 Å². The molecule has 0 saturated heterocycles. The molecule has 1 N–H and O–H groups in total. The highest BCUT2D eigenvalue weighted by atomic mass is 16.5. The molecule has 0 fully saturated rings. The number of pyridine rings is 1. The molecule has 0 atom stereocenters. The molecular formula is C13H10N4O. The Kier molecular flexibility index (Phi) is 1.88. The van der Waals surface area contributed by atoms with Crippen molar-refractivity contribution >= 4 is 11.2 Å². The molecule has 88 valence electrons. The molecule has 1 aliphatic heterocycles. The average Bonchev–Trinajstić information content (AvgIpc) is 3.05. The number of ether oxygens (including phenoxy) is 1. The minimum absolute atomic E-state index is 0.632. The maximum Gasteiger partial charge on any atom is 0.201 e. The van der Waals surface area contributed by atoms with E-state index in [9.17, 15) is 0 Å². The van der Waals surface area contributed by atoms with Crippen molar-refractivity contribution in [1.82, 2.24) is 20.4 Å². The summed E-state index contributed by atoms with van der Waals surface area (Å²) >= 11 is 0. The smallest absolute Gasteiger partial charge is 0.201 e. The van der Waals surface area contributed by atoms with Crippen LogP contribution in [0.5, 0.6) is 5.75 Å². The fourth-order valence-electron chi connectivity index (χ4n) is 2.33. The van der Waals surface area contributed by atoms with Gasteiger partial charge >= 0.3 is 0 Å². The summed E-state index contributed by atoms with van der Waals surface area (Å²) in [6.07, 6.45) is 2.78. The number of nitrogens with zero attached hydrogens (tertiary/aromatic N) is 3. The second-order valence-electron chi connectivity index (χ2n) is 4.28. The van der Waals surface area contributed by atoms with Crippen molar-refractivity contribution < 1.29 is 4.74 Å². The zero-order valence-electron chi connectivity index (χ0n) is 9.55. The van der Waals surface area contributed by atoms with E-state index < -0.39 is 0 Å². The van der Waals surface area contributed by atoms with E-state index >= 15 is 0 Å². The van der Waals surface area contributed by atoms with E-state index in [1.165, 1.54) is 5.56 Å². The number of nitrogens with one attached hydrogen (secondary N) is 1. The first-order valence-electron chi connectivity index (χ1n) is 5.83. The van der Waals surface area contributed by atoms with Gasteiger partial charge in [0.2, 0.25) is 5.65 Å². The maximum atomic E-state index is 5.71. The summed E-state index contributed by atoms with van der Waals surface area (Å²) in [5, 5.41) is 10.6. The average molecular weight is 238 g/mol. The first-order chi connectivity index (χ1) is 8.92. The monoisotopic (exact) mass is 238 g/mol. The van der Waals surface area contributed by atoms with Crippen LogP contribution < -0.4 is 4.74 Å². The number of fused-ring (bicyclic) bond motifs is 2. The number of aromatic nitrogens is 4. The van der Waals surface area contributed by atoms with Gasteiger partial charge < -0.3 is 4.74 Å². The first kappa shape index (κ1) is 9.58. The molecule has 0 spiro atoms. The molecule has 5 nitrogen and oxygen atoms in total. The van der Waals surface area contributed by atoms with Crippen LogP contribution >= 0.6 is 0 Å². The van der Waals surface area contributed by atoms with Crippen LogP contribution in [0.4, 0.5) is 0 Å². The number of aromatic amines is 1. The van der Waals surface area contributed by atoms with Crippen LogP contribution in [-0.2, 0) is 6.42 Å². The Morgan fingerprint density at radius 2 is 2.22 bits per heavy atom. The summed E-state index contributed by atoms with van der Waals surface area (Å²) < 4.78 is 5.71. The predicted molar refractivity (Wildman–Crippen MR) is 66.3 cm³/mol. The SMILES string of the molecule is c1cc2c(c(-c3cnc4n[nH]nc4c3)c1)OCC2. The van der Waals surface area contributed by atoms with Gasteiger partial charge in [0.25, 0.3) is 0 Å². The summed E-state index contributed by atoms with van der Waals surface area (Å²) in [5.41, 5.74) is 4.74. The fourth-order valence-corrected chi connectivity index (χ4v) is 2.33. The second-order valence-corrected chi connectivity index (χ2v) is 4.28. The molecule has 0 saturated carbocycles. The molecular weight excluding hydrogens is 228 g/mol. The molecule has 0 bridgehead atoms. The van der Waals surface area contributed by atoms with E-state index in [-0.39, 0.29) is 0 Å². The molecule has 18 heavy (non-hydrogen) atoms. The molecule has 0 radical (unpaired) electrons. The Labute approximate surface area is 103 Å². The van der Waals surface area contributed by atoms with Crippen molar-refractivity contribution in [1.29, 1.82) is 0 Å². The number of H-pyrrole nitrogens is 1. The van der Waals surface area contributed by atoms with Crippen LogP contribution in [-0.4, -0.2) is 27.0 Å². The largest absolute Gasteiger partial charge is 0.492 e. The normalized spacial score (nSPS) is 13.6. The lowest BCUT2D eigenvalue weighted by atomic mass is 10.0. The van der Waals surface area contributed by atoms with Gasteiger partial charge in [-0.15, -0.1) is 5.10 Å². The van der Waals surface area contributed by atoms with Gasteiger partial charge in [-0.25, -0.2) is 4.98 Å². The maximum absolute atomic E-state index is 5.71. The molecule has 0 aliphatic carbocycles. The Bertz CT molecular complexity index is 735. The Hall–Kier alpha value is -2.43. The molecule has 5 heteroatoms. The number of rotatable bonds is 1. The van der Waals surface area contributed by atoms with Crippen molar-refractivity contribution in [3.05, 3.63) is 36.0 Å².